The summed E-state index contributed by atoms with van der Waals surface area (Å²) in [5, 5.41) is 23.6. The summed E-state index contributed by atoms with van der Waals surface area (Å²) < 4.78 is 0.371. The van der Waals surface area contributed by atoms with Crippen molar-refractivity contribution in [2.24, 2.45) is 5.41 Å². The van der Waals surface area contributed by atoms with Crippen LogP contribution in [0.25, 0.3) is 0 Å². The highest BCUT2D eigenvalue weighted by Gasteiger charge is 2.40. The highest BCUT2D eigenvalue weighted by molar-refractivity contribution is 9.10. The number of nitrogens with zero attached hydrogens (tertiary/aromatic N) is 1. The number of hydrogen-bond acceptors (Lipinski definition) is 4. The van der Waals surface area contributed by atoms with Gasteiger partial charge in [0.25, 0.3) is 5.69 Å². The number of carboxylic acid groups (broad SMARTS) is 1. The molecule has 1 saturated heterocycles. The number of piperidine rings is 1. The van der Waals surface area contributed by atoms with Gasteiger partial charge < -0.3 is 10.4 Å². The van der Waals surface area contributed by atoms with Crippen LogP contribution in [0.15, 0.2) is 22.7 Å². The topological polar surface area (TPSA) is 92.5 Å². The van der Waals surface area contributed by atoms with Crippen LogP contribution in [0.3, 0.4) is 0 Å². The summed E-state index contributed by atoms with van der Waals surface area (Å²) in [7, 11) is 0. The van der Waals surface area contributed by atoms with Gasteiger partial charge >= 0.3 is 5.97 Å². The summed E-state index contributed by atoms with van der Waals surface area (Å²) >= 11 is 3.23. The third-order valence-corrected chi connectivity index (χ3v) is 4.63. The molecule has 0 bridgehead atoms. The molecule has 2 N–H and O–H groups in total. The second-order valence-electron chi connectivity index (χ2n) is 5.05. The Labute approximate surface area is 124 Å². The van der Waals surface area contributed by atoms with E-state index in [-0.39, 0.29) is 12.1 Å². The minimum atomic E-state index is -0.893. The van der Waals surface area contributed by atoms with Crippen LogP contribution in [0.4, 0.5) is 5.69 Å². The van der Waals surface area contributed by atoms with E-state index in [1.165, 1.54) is 6.07 Å². The lowest BCUT2D eigenvalue weighted by Gasteiger charge is -2.34. The first-order valence-corrected chi connectivity index (χ1v) is 7.11. The van der Waals surface area contributed by atoms with Crippen molar-refractivity contribution in [3.63, 3.8) is 0 Å². The molecule has 1 aliphatic rings. The van der Waals surface area contributed by atoms with E-state index in [9.17, 15) is 20.0 Å². The zero-order chi connectivity index (χ0) is 14.8. The van der Waals surface area contributed by atoms with Gasteiger partial charge in [0.2, 0.25) is 0 Å². The largest absolute Gasteiger partial charge is 0.481 e. The van der Waals surface area contributed by atoms with Crippen molar-refractivity contribution in [3.8, 4) is 0 Å². The molecule has 0 amide bonds. The van der Waals surface area contributed by atoms with Crippen LogP contribution in [0, 0.1) is 15.5 Å². The maximum atomic E-state index is 11.6. The molecule has 1 aromatic rings. The summed E-state index contributed by atoms with van der Waals surface area (Å²) in [5.41, 5.74) is -0.271. The van der Waals surface area contributed by atoms with Crippen LogP contribution < -0.4 is 5.32 Å². The van der Waals surface area contributed by atoms with Gasteiger partial charge in [-0.3, -0.25) is 14.9 Å². The van der Waals surface area contributed by atoms with E-state index >= 15 is 0 Å². The molecule has 0 radical (unpaired) electrons. The van der Waals surface area contributed by atoms with Gasteiger partial charge in [-0.25, -0.2) is 0 Å². The molecule has 0 saturated carbocycles. The molecule has 1 heterocycles. The fourth-order valence-electron chi connectivity index (χ4n) is 2.59. The minimum absolute atomic E-state index is 0.0354. The summed E-state index contributed by atoms with van der Waals surface area (Å²) in [6.45, 7) is 1.20. The summed E-state index contributed by atoms with van der Waals surface area (Å²) in [5.74, 6) is -0.858. The first-order chi connectivity index (χ1) is 9.46. The Kier molecular flexibility index (Phi) is 4.39. The predicted octanol–water partition coefficient (Wildman–Crippen LogP) is 2.35. The summed E-state index contributed by atoms with van der Waals surface area (Å²) in [4.78, 5) is 22.1. The van der Waals surface area contributed by atoms with E-state index in [4.69, 9.17) is 0 Å². The Morgan fingerprint density at radius 3 is 2.85 bits per heavy atom. The van der Waals surface area contributed by atoms with Crippen molar-refractivity contribution in [3.05, 3.63) is 38.3 Å². The SMILES string of the molecule is O=C(O)C1(Cc2cccc([N+](=O)[O-])c2Br)CCCNC1. The van der Waals surface area contributed by atoms with Gasteiger partial charge in [-0.1, -0.05) is 12.1 Å². The monoisotopic (exact) mass is 342 g/mol. The Balaban J connectivity index is 2.34. The normalized spacial score (nSPS) is 22.4. The quantitative estimate of drug-likeness (QED) is 0.647. The molecule has 7 heteroatoms. The van der Waals surface area contributed by atoms with Gasteiger partial charge in [0.1, 0.15) is 0 Å². The third-order valence-electron chi connectivity index (χ3n) is 3.71. The zero-order valence-corrected chi connectivity index (χ0v) is 12.4. The Bertz CT molecular complexity index is 541. The fraction of sp³-hybridized carbons (Fsp3) is 0.462. The van der Waals surface area contributed by atoms with Crippen molar-refractivity contribution in [1.82, 2.24) is 5.32 Å². The summed E-state index contributed by atoms with van der Waals surface area (Å²) in [6.07, 6.45) is 1.64. The lowest BCUT2D eigenvalue weighted by Crippen LogP contribution is -2.47. The van der Waals surface area contributed by atoms with Crippen molar-refractivity contribution >= 4 is 27.6 Å². The Morgan fingerprint density at radius 1 is 1.55 bits per heavy atom. The van der Waals surface area contributed by atoms with Gasteiger partial charge in [-0.05, 0) is 47.3 Å². The maximum absolute atomic E-state index is 11.6. The number of nitro benzene ring substituents is 1. The average molecular weight is 343 g/mol. The van der Waals surface area contributed by atoms with Crippen molar-refractivity contribution in [2.45, 2.75) is 19.3 Å². The molecule has 0 aliphatic carbocycles. The molecule has 6 nitrogen and oxygen atoms in total. The van der Waals surface area contributed by atoms with Gasteiger partial charge in [0.05, 0.1) is 14.8 Å². The number of hydrogen-bond donors (Lipinski definition) is 2. The first kappa shape index (κ1) is 14.9. The minimum Gasteiger partial charge on any atom is -0.481 e. The number of halogens is 1. The average Bonchev–Trinajstić information content (AvgIpc) is 2.41. The van der Waals surface area contributed by atoms with Gasteiger partial charge in [-0.2, -0.15) is 0 Å². The van der Waals surface area contributed by atoms with Gasteiger partial charge in [-0.15, -0.1) is 0 Å². The van der Waals surface area contributed by atoms with Gasteiger partial charge in [0.15, 0.2) is 0 Å². The predicted molar refractivity (Wildman–Crippen MR) is 76.7 cm³/mol. The lowest BCUT2D eigenvalue weighted by atomic mass is 9.76. The standard InChI is InChI=1S/C13H15BrN2O4/c14-11-9(3-1-4-10(11)16(19)20)7-13(12(17)18)5-2-6-15-8-13/h1,3-4,15H,2,5-8H2,(H,17,18). The van der Waals surface area contributed by atoms with Crippen LogP contribution >= 0.6 is 15.9 Å². The number of nitro groups is 1. The number of carboxylic acids is 1. The van der Waals surface area contributed by atoms with Crippen LogP contribution in [0.1, 0.15) is 18.4 Å². The number of rotatable bonds is 4. The molecule has 20 heavy (non-hydrogen) atoms. The van der Waals surface area contributed by atoms with E-state index in [1.807, 2.05) is 0 Å². The van der Waals surface area contributed by atoms with E-state index in [2.05, 4.69) is 21.2 Å². The number of aliphatic carboxylic acids is 1. The van der Waals surface area contributed by atoms with Crippen LogP contribution in [-0.2, 0) is 11.2 Å². The second-order valence-corrected chi connectivity index (χ2v) is 5.84. The van der Waals surface area contributed by atoms with Crippen molar-refractivity contribution in [2.75, 3.05) is 13.1 Å². The molecule has 0 aromatic heterocycles. The van der Waals surface area contributed by atoms with Crippen molar-refractivity contribution < 1.29 is 14.8 Å². The maximum Gasteiger partial charge on any atom is 0.311 e. The van der Waals surface area contributed by atoms with Crippen LogP contribution in [-0.4, -0.2) is 29.1 Å². The number of nitrogens with one attached hydrogen (secondary N) is 1. The molecule has 108 valence electrons. The number of benzene rings is 1. The molecule has 1 aliphatic heterocycles. The summed E-state index contributed by atoms with van der Waals surface area (Å²) in [6, 6.07) is 4.72. The first-order valence-electron chi connectivity index (χ1n) is 6.32. The highest BCUT2D eigenvalue weighted by Crippen LogP contribution is 2.36. The van der Waals surface area contributed by atoms with Crippen LogP contribution in [0.2, 0.25) is 0 Å². The van der Waals surface area contributed by atoms with E-state index in [0.717, 1.165) is 13.0 Å². The second kappa shape index (κ2) is 5.88. The molecule has 2 rings (SSSR count). The molecule has 1 fully saturated rings. The molecular weight excluding hydrogens is 328 g/mol. The van der Waals surface area contributed by atoms with Crippen molar-refractivity contribution in [1.29, 1.82) is 0 Å². The molecule has 0 spiro atoms. The van der Waals surface area contributed by atoms with E-state index in [0.29, 0.717) is 23.0 Å². The van der Waals surface area contributed by atoms with E-state index < -0.39 is 16.3 Å². The molecule has 1 atom stereocenters. The Hall–Kier alpha value is -1.47. The highest BCUT2D eigenvalue weighted by atomic mass is 79.9. The molecular formula is C13H15BrN2O4. The fourth-order valence-corrected chi connectivity index (χ4v) is 3.13. The molecule has 1 unspecified atom stereocenters. The zero-order valence-electron chi connectivity index (χ0n) is 10.8. The number of carbonyl (C=O) groups is 1. The lowest BCUT2D eigenvalue weighted by molar-refractivity contribution is -0.385. The smallest absolute Gasteiger partial charge is 0.311 e. The van der Waals surface area contributed by atoms with E-state index in [1.54, 1.807) is 12.1 Å². The van der Waals surface area contributed by atoms with Gasteiger partial charge in [0, 0.05) is 12.6 Å². The molecule has 1 aromatic carbocycles. The van der Waals surface area contributed by atoms with Crippen LogP contribution in [0.5, 0.6) is 0 Å². The Morgan fingerprint density at radius 2 is 2.30 bits per heavy atom. The third kappa shape index (κ3) is 2.83.